The molecule has 5 nitrogen and oxygen atoms in total. The standard InChI is InChI=1S/C11H14F3N3O2/c1-15-10-9(14)7(2-3-16-10)11(19)17(4-5-18)6-8(12)13/h2-3,8,18H,4-6H2,1H3,(H,15,16). The van der Waals surface area contributed by atoms with E-state index in [0.29, 0.717) is 4.90 Å². The smallest absolute Gasteiger partial charge is 0.257 e. The number of aliphatic hydroxyl groups is 1. The summed E-state index contributed by atoms with van der Waals surface area (Å²) in [5.74, 6) is -1.97. The van der Waals surface area contributed by atoms with Crippen molar-refractivity contribution in [2.75, 3.05) is 32.1 Å². The fourth-order valence-corrected chi connectivity index (χ4v) is 1.52. The van der Waals surface area contributed by atoms with Gasteiger partial charge >= 0.3 is 0 Å². The van der Waals surface area contributed by atoms with Gasteiger partial charge in [0.1, 0.15) is 0 Å². The van der Waals surface area contributed by atoms with Gasteiger partial charge in [-0.15, -0.1) is 0 Å². The number of rotatable bonds is 6. The van der Waals surface area contributed by atoms with Crippen molar-refractivity contribution in [1.29, 1.82) is 0 Å². The van der Waals surface area contributed by atoms with Gasteiger partial charge in [-0.25, -0.2) is 18.2 Å². The van der Waals surface area contributed by atoms with Gasteiger partial charge in [0, 0.05) is 19.8 Å². The summed E-state index contributed by atoms with van der Waals surface area (Å²) in [7, 11) is 1.42. The molecule has 1 heterocycles. The molecule has 0 aliphatic rings. The van der Waals surface area contributed by atoms with Crippen LogP contribution in [0.2, 0.25) is 0 Å². The summed E-state index contributed by atoms with van der Waals surface area (Å²) in [4.78, 5) is 16.3. The maximum atomic E-state index is 13.8. The molecule has 19 heavy (non-hydrogen) atoms. The molecule has 0 saturated carbocycles. The number of halogens is 3. The van der Waals surface area contributed by atoms with Gasteiger partial charge in [-0.3, -0.25) is 4.79 Å². The third kappa shape index (κ3) is 3.82. The van der Waals surface area contributed by atoms with Crippen LogP contribution in [0.4, 0.5) is 19.0 Å². The molecule has 0 fully saturated rings. The molecule has 1 aromatic heterocycles. The number of pyridine rings is 1. The van der Waals surface area contributed by atoms with E-state index in [1.165, 1.54) is 13.2 Å². The zero-order valence-electron chi connectivity index (χ0n) is 10.2. The molecule has 0 unspecified atom stereocenters. The monoisotopic (exact) mass is 277 g/mol. The fourth-order valence-electron chi connectivity index (χ4n) is 1.52. The molecule has 1 amide bonds. The van der Waals surface area contributed by atoms with Gasteiger partial charge in [-0.2, -0.15) is 0 Å². The summed E-state index contributed by atoms with van der Waals surface area (Å²) >= 11 is 0. The van der Waals surface area contributed by atoms with Crippen LogP contribution >= 0.6 is 0 Å². The van der Waals surface area contributed by atoms with Crippen LogP contribution in [0.25, 0.3) is 0 Å². The second-order valence-electron chi connectivity index (χ2n) is 3.64. The Morgan fingerprint density at radius 1 is 1.58 bits per heavy atom. The van der Waals surface area contributed by atoms with Crippen LogP contribution in [0, 0.1) is 5.82 Å². The Balaban J connectivity index is 3.02. The Morgan fingerprint density at radius 3 is 2.79 bits per heavy atom. The Bertz CT molecular complexity index is 443. The number of anilines is 1. The number of nitrogens with one attached hydrogen (secondary N) is 1. The molecule has 0 radical (unpaired) electrons. The summed E-state index contributed by atoms with van der Waals surface area (Å²) in [5, 5.41) is 11.2. The van der Waals surface area contributed by atoms with Crippen LogP contribution in [0.5, 0.6) is 0 Å². The highest BCUT2D eigenvalue weighted by atomic mass is 19.3. The topological polar surface area (TPSA) is 65.5 Å². The van der Waals surface area contributed by atoms with Gasteiger partial charge in [0.15, 0.2) is 11.6 Å². The van der Waals surface area contributed by atoms with Crippen molar-refractivity contribution in [2.45, 2.75) is 6.43 Å². The van der Waals surface area contributed by atoms with Crippen LogP contribution in [-0.4, -0.2) is 54.1 Å². The van der Waals surface area contributed by atoms with E-state index in [9.17, 15) is 18.0 Å². The summed E-state index contributed by atoms with van der Waals surface area (Å²) in [6, 6.07) is 1.11. The number of nitrogens with zero attached hydrogens (tertiary/aromatic N) is 2. The van der Waals surface area contributed by atoms with Crippen molar-refractivity contribution in [3.8, 4) is 0 Å². The van der Waals surface area contributed by atoms with Gasteiger partial charge < -0.3 is 15.3 Å². The molecule has 8 heteroatoms. The molecule has 0 saturated heterocycles. The lowest BCUT2D eigenvalue weighted by atomic mass is 10.2. The first kappa shape index (κ1) is 15.2. The third-order valence-corrected chi connectivity index (χ3v) is 2.37. The largest absolute Gasteiger partial charge is 0.395 e. The van der Waals surface area contributed by atoms with Crippen LogP contribution in [0.15, 0.2) is 12.3 Å². The molecule has 0 aliphatic heterocycles. The average Bonchev–Trinajstić information content (AvgIpc) is 2.37. The predicted molar refractivity (Wildman–Crippen MR) is 62.7 cm³/mol. The predicted octanol–water partition coefficient (Wildman–Crippen LogP) is 0.962. The molecular formula is C11H14F3N3O2. The number of alkyl halides is 2. The lowest BCUT2D eigenvalue weighted by Gasteiger charge is -2.21. The molecule has 2 N–H and O–H groups in total. The zero-order chi connectivity index (χ0) is 14.4. The normalized spacial score (nSPS) is 10.6. The van der Waals surface area contributed by atoms with Gasteiger partial charge in [-0.05, 0) is 6.07 Å². The highest BCUT2D eigenvalue weighted by Crippen LogP contribution is 2.16. The minimum absolute atomic E-state index is 0.146. The van der Waals surface area contributed by atoms with E-state index in [1.807, 2.05) is 0 Å². The molecule has 106 valence electrons. The number of carbonyl (C=O) groups excluding carboxylic acids is 1. The zero-order valence-corrected chi connectivity index (χ0v) is 10.2. The first-order valence-corrected chi connectivity index (χ1v) is 5.51. The van der Waals surface area contributed by atoms with Gasteiger partial charge in [0.2, 0.25) is 0 Å². The minimum atomic E-state index is -2.76. The first-order chi connectivity index (χ1) is 9.01. The maximum absolute atomic E-state index is 13.8. The Morgan fingerprint density at radius 2 is 2.26 bits per heavy atom. The van der Waals surface area contributed by atoms with Crippen LogP contribution in [0.3, 0.4) is 0 Å². The van der Waals surface area contributed by atoms with Crippen LogP contribution in [0.1, 0.15) is 10.4 Å². The summed E-state index contributed by atoms with van der Waals surface area (Å²) < 4.78 is 38.5. The Kier molecular flexibility index (Phi) is 5.56. The lowest BCUT2D eigenvalue weighted by Crippen LogP contribution is -2.37. The molecule has 0 spiro atoms. The molecule has 0 bridgehead atoms. The van der Waals surface area contributed by atoms with Gasteiger partial charge in [-0.1, -0.05) is 0 Å². The first-order valence-electron chi connectivity index (χ1n) is 5.51. The average molecular weight is 277 g/mol. The molecular weight excluding hydrogens is 263 g/mol. The van der Waals surface area contributed by atoms with Gasteiger partial charge in [0.25, 0.3) is 12.3 Å². The van der Waals surface area contributed by atoms with Crippen molar-refractivity contribution in [3.63, 3.8) is 0 Å². The quantitative estimate of drug-likeness (QED) is 0.813. The number of aromatic nitrogens is 1. The second kappa shape index (κ2) is 6.93. The van der Waals surface area contributed by atoms with E-state index in [4.69, 9.17) is 5.11 Å². The Labute approximate surface area is 108 Å². The van der Waals surface area contributed by atoms with E-state index < -0.39 is 31.3 Å². The van der Waals surface area contributed by atoms with Crippen molar-refractivity contribution >= 4 is 11.7 Å². The molecule has 0 aliphatic carbocycles. The number of aliphatic hydroxyl groups excluding tert-OH is 1. The number of amides is 1. The van der Waals surface area contributed by atoms with Crippen molar-refractivity contribution < 1.29 is 23.1 Å². The highest BCUT2D eigenvalue weighted by Gasteiger charge is 2.23. The van der Waals surface area contributed by atoms with E-state index in [2.05, 4.69) is 10.3 Å². The highest BCUT2D eigenvalue weighted by molar-refractivity contribution is 5.95. The summed E-state index contributed by atoms with van der Waals surface area (Å²) in [5.41, 5.74) is -0.367. The number of hydrogen-bond donors (Lipinski definition) is 2. The summed E-state index contributed by atoms with van der Waals surface area (Å²) in [6.07, 6.45) is -1.56. The van der Waals surface area contributed by atoms with Crippen molar-refractivity contribution in [2.24, 2.45) is 0 Å². The van der Waals surface area contributed by atoms with Crippen LogP contribution < -0.4 is 5.32 Å². The number of hydrogen-bond acceptors (Lipinski definition) is 4. The van der Waals surface area contributed by atoms with E-state index >= 15 is 0 Å². The van der Waals surface area contributed by atoms with E-state index in [-0.39, 0.29) is 17.9 Å². The van der Waals surface area contributed by atoms with Gasteiger partial charge in [0.05, 0.1) is 18.7 Å². The minimum Gasteiger partial charge on any atom is -0.395 e. The van der Waals surface area contributed by atoms with E-state index in [0.717, 1.165) is 6.07 Å². The SMILES string of the molecule is CNc1nccc(C(=O)N(CCO)CC(F)F)c1F. The van der Waals surface area contributed by atoms with E-state index in [1.54, 1.807) is 0 Å². The molecule has 1 aromatic rings. The number of carbonyl (C=O) groups is 1. The fraction of sp³-hybridized carbons (Fsp3) is 0.455. The maximum Gasteiger partial charge on any atom is 0.257 e. The van der Waals surface area contributed by atoms with Crippen molar-refractivity contribution in [1.82, 2.24) is 9.88 Å². The van der Waals surface area contributed by atoms with Crippen LogP contribution in [-0.2, 0) is 0 Å². The van der Waals surface area contributed by atoms with Crippen molar-refractivity contribution in [3.05, 3.63) is 23.6 Å². The summed E-state index contributed by atoms with van der Waals surface area (Å²) in [6.45, 7) is -1.64. The second-order valence-corrected chi connectivity index (χ2v) is 3.64. The molecule has 0 aromatic carbocycles. The third-order valence-electron chi connectivity index (χ3n) is 2.37. The molecule has 1 rings (SSSR count). The lowest BCUT2D eigenvalue weighted by molar-refractivity contribution is 0.0505. The Hall–Kier alpha value is -1.83. The molecule has 0 atom stereocenters.